The molecule has 5 heteroatoms. The van der Waals surface area contributed by atoms with Crippen LogP contribution in [0.25, 0.3) is 0 Å². The van der Waals surface area contributed by atoms with E-state index in [1.54, 1.807) is 4.90 Å². The van der Waals surface area contributed by atoms with E-state index in [1.807, 2.05) is 20.8 Å². The van der Waals surface area contributed by atoms with Gasteiger partial charge in [-0.25, -0.2) is 4.79 Å². The second-order valence-corrected chi connectivity index (χ2v) is 4.81. The number of ether oxygens (including phenoxy) is 1. The van der Waals surface area contributed by atoms with Gasteiger partial charge in [-0.05, 0) is 20.8 Å². The van der Waals surface area contributed by atoms with E-state index in [0.29, 0.717) is 19.6 Å². The normalized spacial score (nSPS) is 22.7. The van der Waals surface area contributed by atoms with Gasteiger partial charge in [0.15, 0.2) is 0 Å². The zero-order valence-corrected chi connectivity index (χ0v) is 9.75. The fourth-order valence-corrected chi connectivity index (χ4v) is 1.48. The van der Waals surface area contributed by atoms with E-state index < -0.39 is 5.60 Å². The first-order valence-electron chi connectivity index (χ1n) is 5.34. The number of rotatable bonds is 1. The van der Waals surface area contributed by atoms with E-state index in [4.69, 9.17) is 10.5 Å². The Morgan fingerprint density at radius 1 is 1.60 bits per heavy atom. The summed E-state index contributed by atoms with van der Waals surface area (Å²) in [5, 5.41) is 3.24. The van der Waals surface area contributed by atoms with Gasteiger partial charge in [0.2, 0.25) is 0 Å². The second kappa shape index (κ2) is 4.81. The molecule has 0 unspecified atom stereocenters. The standard InChI is InChI=1S/C10H21N3O2/c1-10(2,3)15-9(14)13-5-4-12-8(6-11)7-13/h8,12H,4-7,11H2,1-3H3/t8-/m1/s1. The lowest BCUT2D eigenvalue weighted by Gasteiger charge is -2.34. The summed E-state index contributed by atoms with van der Waals surface area (Å²) < 4.78 is 5.29. The molecule has 0 aromatic carbocycles. The monoisotopic (exact) mass is 215 g/mol. The Labute approximate surface area is 90.9 Å². The number of carbonyl (C=O) groups excluding carboxylic acids is 1. The lowest BCUT2D eigenvalue weighted by Crippen LogP contribution is -2.55. The molecule has 15 heavy (non-hydrogen) atoms. The molecule has 1 atom stereocenters. The summed E-state index contributed by atoms with van der Waals surface area (Å²) in [5.74, 6) is 0. The Morgan fingerprint density at radius 2 is 2.27 bits per heavy atom. The molecule has 1 aliphatic heterocycles. The fourth-order valence-electron chi connectivity index (χ4n) is 1.48. The summed E-state index contributed by atoms with van der Waals surface area (Å²) in [5.41, 5.74) is 5.12. The molecule has 0 radical (unpaired) electrons. The highest BCUT2D eigenvalue weighted by molar-refractivity contribution is 5.68. The lowest BCUT2D eigenvalue weighted by molar-refractivity contribution is 0.0198. The molecule has 0 aromatic heterocycles. The van der Waals surface area contributed by atoms with Crippen LogP contribution in [0.5, 0.6) is 0 Å². The molecular weight excluding hydrogens is 194 g/mol. The molecular formula is C10H21N3O2. The largest absolute Gasteiger partial charge is 0.444 e. The van der Waals surface area contributed by atoms with Crippen molar-refractivity contribution in [3.05, 3.63) is 0 Å². The zero-order valence-electron chi connectivity index (χ0n) is 9.75. The summed E-state index contributed by atoms with van der Waals surface area (Å²) >= 11 is 0. The predicted molar refractivity (Wildman–Crippen MR) is 58.7 cm³/mol. The van der Waals surface area contributed by atoms with Crippen molar-refractivity contribution in [3.8, 4) is 0 Å². The summed E-state index contributed by atoms with van der Waals surface area (Å²) in [7, 11) is 0. The first-order valence-corrected chi connectivity index (χ1v) is 5.34. The Hall–Kier alpha value is -0.810. The molecule has 1 aliphatic rings. The molecule has 0 aliphatic carbocycles. The van der Waals surface area contributed by atoms with Crippen molar-refractivity contribution in [1.82, 2.24) is 10.2 Å². The van der Waals surface area contributed by atoms with Crippen LogP contribution in [-0.4, -0.2) is 48.8 Å². The molecule has 0 aromatic rings. The van der Waals surface area contributed by atoms with Crippen molar-refractivity contribution in [1.29, 1.82) is 0 Å². The molecule has 5 nitrogen and oxygen atoms in total. The van der Waals surface area contributed by atoms with Crippen molar-refractivity contribution in [2.24, 2.45) is 5.73 Å². The van der Waals surface area contributed by atoms with Crippen LogP contribution in [0.15, 0.2) is 0 Å². The Balaban J connectivity index is 2.45. The second-order valence-electron chi connectivity index (χ2n) is 4.81. The van der Waals surface area contributed by atoms with Gasteiger partial charge in [-0.3, -0.25) is 0 Å². The molecule has 1 heterocycles. The quantitative estimate of drug-likeness (QED) is 0.653. The maximum Gasteiger partial charge on any atom is 0.410 e. The minimum absolute atomic E-state index is 0.186. The van der Waals surface area contributed by atoms with Crippen LogP contribution in [0.4, 0.5) is 4.79 Å². The molecule has 1 fully saturated rings. The first kappa shape index (κ1) is 12.3. The van der Waals surface area contributed by atoms with Gasteiger partial charge in [-0.2, -0.15) is 0 Å². The molecule has 3 N–H and O–H groups in total. The third-order valence-electron chi connectivity index (χ3n) is 2.19. The van der Waals surface area contributed by atoms with E-state index >= 15 is 0 Å². The van der Waals surface area contributed by atoms with Gasteiger partial charge in [-0.15, -0.1) is 0 Å². The van der Waals surface area contributed by atoms with Crippen molar-refractivity contribution in [2.45, 2.75) is 32.4 Å². The van der Waals surface area contributed by atoms with Gasteiger partial charge in [0.25, 0.3) is 0 Å². The van der Waals surface area contributed by atoms with Gasteiger partial charge in [0, 0.05) is 32.2 Å². The number of piperazine rings is 1. The predicted octanol–water partition coefficient (Wildman–Crippen LogP) is 0.154. The van der Waals surface area contributed by atoms with E-state index in [9.17, 15) is 4.79 Å². The maximum atomic E-state index is 11.7. The van der Waals surface area contributed by atoms with E-state index in [1.165, 1.54) is 0 Å². The van der Waals surface area contributed by atoms with Gasteiger partial charge in [-0.1, -0.05) is 0 Å². The molecule has 1 saturated heterocycles. The fraction of sp³-hybridized carbons (Fsp3) is 0.900. The summed E-state index contributed by atoms with van der Waals surface area (Å²) in [4.78, 5) is 13.4. The average molecular weight is 215 g/mol. The zero-order chi connectivity index (χ0) is 11.5. The van der Waals surface area contributed by atoms with Gasteiger partial charge in [0.05, 0.1) is 0 Å². The number of carbonyl (C=O) groups is 1. The van der Waals surface area contributed by atoms with Crippen LogP contribution in [0.1, 0.15) is 20.8 Å². The highest BCUT2D eigenvalue weighted by atomic mass is 16.6. The minimum Gasteiger partial charge on any atom is -0.444 e. The lowest BCUT2D eigenvalue weighted by atomic mass is 10.2. The number of nitrogens with zero attached hydrogens (tertiary/aromatic N) is 1. The number of hydrogen-bond donors (Lipinski definition) is 2. The SMILES string of the molecule is CC(C)(C)OC(=O)N1CCN[C@H](CN)C1. The molecule has 1 rings (SSSR count). The topological polar surface area (TPSA) is 67.6 Å². The van der Waals surface area contributed by atoms with Gasteiger partial charge >= 0.3 is 6.09 Å². The molecule has 0 spiro atoms. The first-order chi connectivity index (χ1) is 6.92. The Kier molecular flexibility index (Phi) is 3.93. The molecule has 1 amide bonds. The van der Waals surface area contributed by atoms with Crippen LogP contribution in [-0.2, 0) is 4.74 Å². The average Bonchev–Trinajstić information content (AvgIpc) is 2.15. The summed E-state index contributed by atoms with van der Waals surface area (Å²) in [6, 6.07) is 0.186. The highest BCUT2D eigenvalue weighted by Crippen LogP contribution is 2.11. The van der Waals surface area contributed by atoms with Crippen LogP contribution in [0, 0.1) is 0 Å². The third kappa shape index (κ3) is 4.05. The van der Waals surface area contributed by atoms with Crippen LogP contribution < -0.4 is 11.1 Å². The molecule has 0 saturated carbocycles. The number of hydrogen-bond acceptors (Lipinski definition) is 4. The van der Waals surface area contributed by atoms with Crippen molar-refractivity contribution >= 4 is 6.09 Å². The molecule has 0 bridgehead atoms. The van der Waals surface area contributed by atoms with Crippen LogP contribution >= 0.6 is 0 Å². The van der Waals surface area contributed by atoms with E-state index in [2.05, 4.69) is 5.32 Å². The summed E-state index contributed by atoms with van der Waals surface area (Å²) in [6.45, 7) is 8.24. The number of amides is 1. The Morgan fingerprint density at radius 3 is 2.80 bits per heavy atom. The Bertz CT molecular complexity index is 225. The van der Waals surface area contributed by atoms with Crippen molar-refractivity contribution in [3.63, 3.8) is 0 Å². The number of nitrogens with two attached hydrogens (primary N) is 1. The van der Waals surface area contributed by atoms with Gasteiger partial charge in [0.1, 0.15) is 5.60 Å². The van der Waals surface area contributed by atoms with Gasteiger partial charge < -0.3 is 20.7 Å². The molecule has 88 valence electrons. The van der Waals surface area contributed by atoms with Crippen molar-refractivity contribution in [2.75, 3.05) is 26.2 Å². The van der Waals surface area contributed by atoms with Crippen LogP contribution in [0.3, 0.4) is 0 Å². The maximum absolute atomic E-state index is 11.7. The van der Waals surface area contributed by atoms with E-state index in [0.717, 1.165) is 6.54 Å². The third-order valence-corrected chi connectivity index (χ3v) is 2.19. The van der Waals surface area contributed by atoms with E-state index in [-0.39, 0.29) is 12.1 Å². The van der Waals surface area contributed by atoms with Crippen LogP contribution in [0.2, 0.25) is 0 Å². The number of nitrogens with one attached hydrogen (secondary N) is 1. The smallest absolute Gasteiger partial charge is 0.410 e. The van der Waals surface area contributed by atoms with Crippen molar-refractivity contribution < 1.29 is 9.53 Å². The highest BCUT2D eigenvalue weighted by Gasteiger charge is 2.26. The summed E-state index contributed by atoms with van der Waals surface area (Å²) in [6.07, 6.45) is -0.248. The minimum atomic E-state index is -0.430.